The van der Waals surface area contributed by atoms with Gasteiger partial charge < -0.3 is 11.1 Å². The molecule has 2 rings (SSSR count). The Morgan fingerprint density at radius 1 is 1.45 bits per heavy atom. The molecule has 20 heavy (non-hydrogen) atoms. The van der Waals surface area contributed by atoms with Crippen LogP contribution in [0, 0.1) is 19.7 Å². The number of carbonyl (C=O) groups excluding carboxylic acids is 1. The summed E-state index contributed by atoms with van der Waals surface area (Å²) in [5, 5.41) is 6.92. The van der Waals surface area contributed by atoms with E-state index in [-0.39, 0.29) is 18.3 Å². The van der Waals surface area contributed by atoms with E-state index in [0.717, 1.165) is 17.0 Å². The maximum absolute atomic E-state index is 13.0. The highest BCUT2D eigenvalue weighted by Gasteiger charge is 2.12. The first-order valence-corrected chi connectivity index (χ1v) is 6.29. The van der Waals surface area contributed by atoms with E-state index in [2.05, 4.69) is 10.4 Å². The van der Waals surface area contributed by atoms with Crippen molar-refractivity contribution < 1.29 is 9.18 Å². The SMILES string of the molecule is Cc1nn(CC(=O)Nc2cccc(F)c2)c(C)c1CN. The summed E-state index contributed by atoms with van der Waals surface area (Å²) in [7, 11) is 0. The summed E-state index contributed by atoms with van der Waals surface area (Å²) in [6.07, 6.45) is 0. The van der Waals surface area contributed by atoms with Crippen molar-refractivity contribution in [1.82, 2.24) is 9.78 Å². The van der Waals surface area contributed by atoms with Crippen LogP contribution in [-0.2, 0) is 17.9 Å². The van der Waals surface area contributed by atoms with Crippen molar-refractivity contribution in [2.75, 3.05) is 5.32 Å². The third-order valence-corrected chi connectivity index (χ3v) is 3.14. The second kappa shape index (κ2) is 5.83. The Bertz CT molecular complexity index is 636. The first-order chi connectivity index (χ1) is 9.51. The van der Waals surface area contributed by atoms with Gasteiger partial charge in [0, 0.05) is 23.5 Å². The summed E-state index contributed by atoms with van der Waals surface area (Å²) in [5.41, 5.74) is 8.71. The number of rotatable bonds is 4. The standard InChI is InChI=1S/C14H17FN4O/c1-9-13(7-16)10(2)19(18-9)8-14(20)17-12-5-3-4-11(15)6-12/h3-6H,7-8,16H2,1-2H3,(H,17,20). The van der Waals surface area contributed by atoms with Crippen LogP contribution in [-0.4, -0.2) is 15.7 Å². The molecule has 6 heteroatoms. The minimum atomic E-state index is -0.390. The summed E-state index contributed by atoms with van der Waals surface area (Å²) in [5.74, 6) is -0.649. The van der Waals surface area contributed by atoms with Crippen molar-refractivity contribution in [3.05, 3.63) is 47.0 Å². The van der Waals surface area contributed by atoms with Gasteiger partial charge in [-0.05, 0) is 32.0 Å². The number of nitrogens with zero attached hydrogens (tertiary/aromatic N) is 2. The molecule has 1 amide bonds. The van der Waals surface area contributed by atoms with E-state index in [1.165, 1.54) is 12.1 Å². The molecule has 0 aliphatic heterocycles. The Morgan fingerprint density at radius 3 is 2.80 bits per heavy atom. The molecule has 106 valence electrons. The highest BCUT2D eigenvalue weighted by molar-refractivity contribution is 5.90. The van der Waals surface area contributed by atoms with Gasteiger partial charge in [0.25, 0.3) is 0 Å². The summed E-state index contributed by atoms with van der Waals surface area (Å²) in [4.78, 5) is 11.9. The lowest BCUT2D eigenvalue weighted by atomic mass is 10.2. The summed E-state index contributed by atoms with van der Waals surface area (Å²) >= 11 is 0. The van der Waals surface area contributed by atoms with Crippen molar-refractivity contribution in [2.45, 2.75) is 26.9 Å². The van der Waals surface area contributed by atoms with Gasteiger partial charge >= 0.3 is 0 Å². The van der Waals surface area contributed by atoms with Crippen LogP contribution < -0.4 is 11.1 Å². The number of carbonyl (C=O) groups is 1. The fraction of sp³-hybridized carbons (Fsp3) is 0.286. The monoisotopic (exact) mass is 276 g/mol. The van der Waals surface area contributed by atoms with Crippen LogP contribution in [0.15, 0.2) is 24.3 Å². The van der Waals surface area contributed by atoms with Crippen LogP contribution in [0.1, 0.15) is 17.0 Å². The van der Waals surface area contributed by atoms with Crippen LogP contribution in [0.2, 0.25) is 0 Å². The molecule has 1 heterocycles. The largest absolute Gasteiger partial charge is 0.326 e. The Kier molecular flexibility index (Phi) is 4.14. The Labute approximate surface area is 116 Å². The summed E-state index contributed by atoms with van der Waals surface area (Å²) in [6.45, 7) is 4.19. The summed E-state index contributed by atoms with van der Waals surface area (Å²) < 4.78 is 14.6. The van der Waals surface area contributed by atoms with Gasteiger partial charge in [-0.1, -0.05) is 6.07 Å². The molecule has 1 aromatic carbocycles. The average molecular weight is 276 g/mol. The molecular formula is C14H17FN4O. The predicted molar refractivity (Wildman–Crippen MR) is 74.6 cm³/mol. The second-order valence-electron chi connectivity index (χ2n) is 4.57. The third-order valence-electron chi connectivity index (χ3n) is 3.14. The van der Waals surface area contributed by atoms with Crippen molar-refractivity contribution in [2.24, 2.45) is 5.73 Å². The zero-order valence-corrected chi connectivity index (χ0v) is 11.5. The number of aryl methyl sites for hydroxylation is 1. The Hall–Kier alpha value is -2.21. The van der Waals surface area contributed by atoms with Crippen LogP contribution in [0.5, 0.6) is 0 Å². The lowest BCUT2D eigenvalue weighted by molar-refractivity contribution is -0.116. The van der Waals surface area contributed by atoms with E-state index < -0.39 is 0 Å². The number of halogens is 1. The smallest absolute Gasteiger partial charge is 0.246 e. The molecule has 3 N–H and O–H groups in total. The maximum atomic E-state index is 13.0. The molecule has 0 fully saturated rings. The first kappa shape index (κ1) is 14.2. The van der Waals surface area contributed by atoms with Crippen molar-refractivity contribution >= 4 is 11.6 Å². The first-order valence-electron chi connectivity index (χ1n) is 6.29. The van der Waals surface area contributed by atoms with Crippen molar-refractivity contribution in [3.63, 3.8) is 0 Å². The molecule has 0 radical (unpaired) electrons. The van der Waals surface area contributed by atoms with Gasteiger partial charge in [-0.25, -0.2) is 4.39 Å². The van der Waals surface area contributed by atoms with Crippen LogP contribution >= 0.6 is 0 Å². The molecule has 2 aromatic rings. The predicted octanol–water partition coefficient (Wildman–Crippen LogP) is 1.74. The lowest BCUT2D eigenvalue weighted by Crippen LogP contribution is -2.20. The number of anilines is 1. The molecule has 0 aliphatic carbocycles. The van der Waals surface area contributed by atoms with Crippen molar-refractivity contribution in [1.29, 1.82) is 0 Å². The zero-order chi connectivity index (χ0) is 14.7. The highest BCUT2D eigenvalue weighted by Crippen LogP contribution is 2.13. The Morgan fingerprint density at radius 2 is 2.20 bits per heavy atom. The van der Waals surface area contributed by atoms with E-state index in [4.69, 9.17) is 5.73 Å². The molecule has 5 nitrogen and oxygen atoms in total. The van der Waals surface area contributed by atoms with E-state index in [9.17, 15) is 9.18 Å². The van der Waals surface area contributed by atoms with E-state index >= 15 is 0 Å². The topological polar surface area (TPSA) is 72.9 Å². The number of aromatic nitrogens is 2. The van der Waals surface area contributed by atoms with Crippen molar-refractivity contribution in [3.8, 4) is 0 Å². The number of hydrogen-bond donors (Lipinski definition) is 2. The van der Waals surface area contributed by atoms with Crippen LogP contribution in [0.3, 0.4) is 0 Å². The normalized spacial score (nSPS) is 10.6. The maximum Gasteiger partial charge on any atom is 0.246 e. The van der Waals surface area contributed by atoms with Gasteiger partial charge in [-0.2, -0.15) is 5.10 Å². The van der Waals surface area contributed by atoms with Crippen LogP contribution in [0.25, 0.3) is 0 Å². The van der Waals surface area contributed by atoms with E-state index in [0.29, 0.717) is 12.2 Å². The van der Waals surface area contributed by atoms with Crippen LogP contribution in [0.4, 0.5) is 10.1 Å². The molecule has 0 aliphatic rings. The fourth-order valence-electron chi connectivity index (χ4n) is 2.09. The molecular weight excluding hydrogens is 259 g/mol. The Balaban J connectivity index is 2.09. The van der Waals surface area contributed by atoms with E-state index in [1.54, 1.807) is 16.8 Å². The number of hydrogen-bond acceptors (Lipinski definition) is 3. The molecule has 0 saturated heterocycles. The second-order valence-corrected chi connectivity index (χ2v) is 4.57. The minimum Gasteiger partial charge on any atom is -0.326 e. The van der Waals surface area contributed by atoms with Gasteiger partial charge in [0.1, 0.15) is 12.4 Å². The molecule has 1 aromatic heterocycles. The minimum absolute atomic E-state index is 0.0726. The fourth-order valence-corrected chi connectivity index (χ4v) is 2.09. The molecule has 0 atom stereocenters. The molecule has 0 bridgehead atoms. The third kappa shape index (κ3) is 3.03. The van der Waals surface area contributed by atoms with Gasteiger partial charge in [-0.3, -0.25) is 9.48 Å². The number of nitrogens with two attached hydrogens (primary N) is 1. The zero-order valence-electron chi connectivity index (χ0n) is 11.5. The molecule has 0 unspecified atom stereocenters. The van der Waals surface area contributed by atoms with E-state index in [1.807, 2.05) is 13.8 Å². The number of nitrogens with one attached hydrogen (secondary N) is 1. The van der Waals surface area contributed by atoms with Gasteiger partial charge in [0.05, 0.1) is 5.69 Å². The molecule has 0 saturated carbocycles. The highest BCUT2D eigenvalue weighted by atomic mass is 19.1. The summed E-state index contributed by atoms with van der Waals surface area (Å²) in [6, 6.07) is 5.77. The number of amides is 1. The van der Waals surface area contributed by atoms with Gasteiger partial charge in [-0.15, -0.1) is 0 Å². The number of benzene rings is 1. The lowest BCUT2D eigenvalue weighted by Gasteiger charge is -2.07. The quantitative estimate of drug-likeness (QED) is 0.893. The average Bonchev–Trinajstić information content (AvgIpc) is 2.63. The van der Waals surface area contributed by atoms with Gasteiger partial charge in [0.2, 0.25) is 5.91 Å². The molecule has 0 spiro atoms. The van der Waals surface area contributed by atoms with Gasteiger partial charge in [0.15, 0.2) is 0 Å².